The molecule has 0 aliphatic carbocycles. The molecule has 0 unspecified atom stereocenters. The molecule has 24 heavy (non-hydrogen) atoms. The standard InChI is InChI=1S/C19H23N3O2/c1-21-13-17(16-5-2-3-6-18(16)21)19(23)24-14-15-7-11-22(12-8-15)10-4-9-20/h2-3,5-6,13,15H,4,7-8,10-12,14H2,1H3. The molecule has 1 fully saturated rings. The molecule has 1 aliphatic rings. The van der Waals surface area contributed by atoms with E-state index >= 15 is 0 Å². The normalized spacial score (nSPS) is 16.2. The molecular weight excluding hydrogens is 302 g/mol. The average Bonchev–Trinajstić information content (AvgIpc) is 2.96. The largest absolute Gasteiger partial charge is 0.462 e. The Morgan fingerprint density at radius 3 is 2.83 bits per heavy atom. The quantitative estimate of drug-likeness (QED) is 0.793. The number of hydrogen-bond acceptors (Lipinski definition) is 4. The Labute approximate surface area is 142 Å². The molecule has 1 aromatic carbocycles. The molecule has 0 atom stereocenters. The number of benzene rings is 1. The zero-order chi connectivity index (χ0) is 16.9. The maximum Gasteiger partial charge on any atom is 0.340 e. The van der Waals surface area contributed by atoms with Crippen molar-refractivity contribution >= 4 is 16.9 Å². The third-order valence-electron chi connectivity index (χ3n) is 4.81. The number of rotatable bonds is 5. The first-order valence-corrected chi connectivity index (χ1v) is 8.49. The Morgan fingerprint density at radius 2 is 2.08 bits per heavy atom. The fourth-order valence-electron chi connectivity index (χ4n) is 3.36. The van der Waals surface area contributed by atoms with Crippen molar-refractivity contribution in [3.05, 3.63) is 36.0 Å². The summed E-state index contributed by atoms with van der Waals surface area (Å²) >= 11 is 0. The summed E-state index contributed by atoms with van der Waals surface area (Å²) in [5.74, 6) is 0.181. The second kappa shape index (κ2) is 7.50. The molecule has 1 aliphatic heterocycles. The Hall–Kier alpha value is -2.32. The van der Waals surface area contributed by atoms with Crippen LogP contribution in [0.2, 0.25) is 0 Å². The monoisotopic (exact) mass is 325 g/mol. The minimum Gasteiger partial charge on any atom is -0.462 e. The van der Waals surface area contributed by atoms with Crippen LogP contribution in [0.1, 0.15) is 29.6 Å². The highest BCUT2D eigenvalue weighted by molar-refractivity contribution is 6.04. The maximum atomic E-state index is 12.4. The van der Waals surface area contributed by atoms with Crippen molar-refractivity contribution in [2.45, 2.75) is 19.3 Å². The van der Waals surface area contributed by atoms with Gasteiger partial charge in [0, 0.05) is 37.1 Å². The number of likely N-dealkylation sites (tertiary alicyclic amines) is 1. The van der Waals surface area contributed by atoms with E-state index in [2.05, 4.69) is 11.0 Å². The zero-order valence-corrected chi connectivity index (χ0v) is 14.1. The van der Waals surface area contributed by atoms with Gasteiger partial charge in [-0.15, -0.1) is 0 Å². The smallest absolute Gasteiger partial charge is 0.340 e. The molecule has 3 rings (SSSR count). The molecule has 0 radical (unpaired) electrons. The number of carbonyl (C=O) groups is 1. The number of fused-ring (bicyclic) bond motifs is 1. The molecule has 2 heterocycles. The van der Waals surface area contributed by atoms with E-state index in [4.69, 9.17) is 10.00 Å². The van der Waals surface area contributed by atoms with Crippen LogP contribution in [0.5, 0.6) is 0 Å². The average molecular weight is 325 g/mol. The number of carbonyl (C=O) groups excluding carboxylic acids is 1. The lowest BCUT2D eigenvalue weighted by Gasteiger charge is -2.30. The maximum absolute atomic E-state index is 12.4. The van der Waals surface area contributed by atoms with E-state index in [0.29, 0.717) is 24.5 Å². The molecule has 126 valence electrons. The van der Waals surface area contributed by atoms with E-state index in [-0.39, 0.29) is 5.97 Å². The lowest BCUT2D eigenvalue weighted by atomic mass is 9.98. The van der Waals surface area contributed by atoms with Crippen molar-refractivity contribution in [3.63, 3.8) is 0 Å². The van der Waals surface area contributed by atoms with Gasteiger partial charge in [0.05, 0.1) is 18.2 Å². The summed E-state index contributed by atoms with van der Waals surface area (Å²) in [5.41, 5.74) is 1.68. The van der Waals surface area contributed by atoms with Gasteiger partial charge in [-0.3, -0.25) is 0 Å². The summed E-state index contributed by atoms with van der Waals surface area (Å²) in [6.07, 6.45) is 4.47. The molecule has 5 nitrogen and oxygen atoms in total. The predicted molar refractivity (Wildman–Crippen MR) is 92.6 cm³/mol. The van der Waals surface area contributed by atoms with Crippen molar-refractivity contribution in [3.8, 4) is 6.07 Å². The summed E-state index contributed by atoms with van der Waals surface area (Å²) in [6.45, 7) is 3.30. The van der Waals surface area contributed by atoms with Crippen LogP contribution in [0.3, 0.4) is 0 Å². The van der Waals surface area contributed by atoms with E-state index < -0.39 is 0 Å². The van der Waals surface area contributed by atoms with Gasteiger partial charge in [0.25, 0.3) is 0 Å². The van der Waals surface area contributed by atoms with Crippen LogP contribution in [0.4, 0.5) is 0 Å². The highest BCUT2D eigenvalue weighted by Gasteiger charge is 2.21. The Kier molecular flexibility index (Phi) is 5.17. The van der Waals surface area contributed by atoms with Gasteiger partial charge in [-0.2, -0.15) is 5.26 Å². The van der Waals surface area contributed by atoms with Gasteiger partial charge in [0.15, 0.2) is 0 Å². The molecule has 1 aromatic heterocycles. The van der Waals surface area contributed by atoms with Gasteiger partial charge < -0.3 is 14.2 Å². The van der Waals surface area contributed by atoms with Crippen molar-refractivity contribution in [1.82, 2.24) is 9.47 Å². The summed E-state index contributed by atoms with van der Waals surface area (Å²) < 4.78 is 7.54. The van der Waals surface area contributed by atoms with E-state index in [0.717, 1.165) is 43.4 Å². The first-order valence-electron chi connectivity index (χ1n) is 8.49. The number of aromatic nitrogens is 1. The Morgan fingerprint density at radius 1 is 1.33 bits per heavy atom. The van der Waals surface area contributed by atoms with Gasteiger partial charge in [0.2, 0.25) is 0 Å². The number of hydrogen-bond donors (Lipinski definition) is 0. The molecule has 0 saturated carbocycles. The number of nitrogens with zero attached hydrogens (tertiary/aromatic N) is 3. The molecule has 0 spiro atoms. The third kappa shape index (κ3) is 3.60. The topological polar surface area (TPSA) is 58.3 Å². The van der Waals surface area contributed by atoms with Crippen LogP contribution in [-0.2, 0) is 11.8 Å². The van der Waals surface area contributed by atoms with Crippen molar-refractivity contribution in [2.75, 3.05) is 26.2 Å². The van der Waals surface area contributed by atoms with Crippen LogP contribution in [0.15, 0.2) is 30.5 Å². The summed E-state index contributed by atoms with van der Waals surface area (Å²) in [4.78, 5) is 14.8. The molecule has 0 bridgehead atoms. The predicted octanol–water partition coefficient (Wildman–Crippen LogP) is 2.96. The minimum atomic E-state index is -0.237. The van der Waals surface area contributed by atoms with Crippen LogP contribution < -0.4 is 0 Å². The van der Waals surface area contributed by atoms with Crippen LogP contribution >= 0.6 is 0 Å². The van der Waals surface area contributed by atoms with Gasteiger partial charge in [-0.25, -0.2) is 4.79 Å². The van der Waals surface area contributed by atoms with E-state index in [1.807, 2.05) is 42.1 Å². The molecule has 2 aromatic rings. The first-order chi connectivity index (χ1) is 11.7. The van der Waals surface area contributed by atoms with Crippen LogP contribution in [0, 0.1) is 17.2 Å². The van der Waals surface area contributed by atoms with E-state index in [1.165, 1.54) is 0 Å². The summed E-state index contributed by atoms with van der Waals surface area (Å²) in [5, 5.41) is 9.58. The number of esters is 1. The van der Waals surface area contributed by atoms with Crippen molar-refractivity contribution < 1.29 is 9.53 Å². The zero-order valence-electron chi connectivity index (χ0n) is 14.1. The number of aryl methyl sites for hydroxylation is 1. The van der Waals surface area contributed by atoms with Crippen molar-refractivity contribution in [1.29, 1.82) is 5.26 Å². The first kappa shape index (κ1) is 16.5. The van der Waals surface area contributed by atoms with Gasteiger partial charge >= 0.3 is 5.97 Å². The SMILES string of the molecule is Cn1cc(C(=O)OCC2CCN(CCC#N)CC2)c2ccccc21. The molecular formula is C19H23N3O2. The third-order valence-corrected chi connectivity index (χ3v) is 4.81. The number of para-hydroxylation sites is 1. The number of nitriles is 1. The summed E-state index contributed by atoms with van der Waals surface area (Å²) in [6, 6.07) is 10.1. The van der Waals surface area contributed by atoms with Gasteiger partial charge in [-0.05, 0) is 37.9 Å². The Bertz CT molecular complexity index is 752. The van der Waals surface area contributed by atoms with Gasteiger partial charge in [-0.1, -0.05) is 18.2 Å². The van der Waals surface area contributed by atoms with E-state index in [9.17, 15) is 4.79 Å². The Balaban J connectivity index is 1.54. The van der Waals surface area contributed by atoms with Gasteiger partial charge in [0.1, 0.15) is 0 Å². The number of piperidine rings is 1. The minimum absolute atomic E-state index is 0.237. The highest BCUT2D eigenvalue weighted by Crippen LogP contribution is 2.22. The van der Waals surface area contributed by atoms with Crippen molar-refractivity contribution in [2.24, 2.45) is 13.0 Å². The lowest BCUT2D eigenvalue weighted by Crippen LogP contribution is -2.35. The molecule has 0 N–H and O–H groups in total. The lowest BCUT2D eigenvalue weighted by molar-refractivity contribution is 0.0375. The second-order valence-electron chi connectivity index (χ2n) is 6.46. The number of ether oxygens (including phenoxy) is 1. The second-order valence-corrected chi connectivity index (χ2v) is 6.46. The van der Waals surface area contributed by atoms with Crippen LogP contribution in [-0.4, -0.2) is 41.7 Å². The molecule has 5 heteroatoms. The fourth-order valence-corrected chi connectivity index (χ4v) is 3.36. The molecule has 1 saturated heterocycles. The van der Waals surface area contributed by atoms with Crippen LogP contribution in [0.25, 0.3) is 10.9 Å². The van der Waals surface area contributed by atoms with E-state index in [1.54, 1.807) is 0 Å². The summed E-state index contributed by atoms with van der Waals surface area (Å²) in [7, 11) is 1.94. The molecule has 0 amide bonds. The highest BCUT2D eigenvalue weighted by atomic mass is 16.5. The fraction of sp³-hybridized carbons (Fsp3) is 0.474.